The highest BCUT2D eigenvalue weighted by molar-refractivity contribution is 7.80. The molecule has 1 atom stereocenters. The highest BCUT2D eigenvalue weighted by Gasteiger charge is 2.17. The van der Waals surface area contributed by atoms with Gasteiger partial charge in [0.15, 0.2) is 11.2 Å². The molecular formula is C16H12Cl3FN2O2S. The summed E-state index contributed by atoms with van der Waals surface area (Å²) in [7, 11) is 0. The molecule has 0 saturated carbocycles. The fourth-order valence-corrected chi connectivity index (χ4v) is 2.62. The maximum Gasteiger partial charge on any atom is 0.266 e. The summed E-state index contributed by atoms with van der Waals surface area (Å²) >= 11 is 22.5. The first-order valence-corrected chi connectivity index (χ1v) is 8.49. The molecule has 0 aliphatic heterocycles. The number of carbonyl (C=O) groups is 1. The number of benzene rings is 2. The van der Waals surface area contributed by atoms with E-state index in [-0.39, 0.29) is 15.2 Å². The van der Waals surface area contributed by atoms with E-state index in [1.807, 2.05) is 0 Å². The zero-order chi connectivity index (χ0) is 18.6. The van der Waals surface area contributed by atoms with Gasteiger partial charge >= 0.3 is 0 Å². The number of hydrogen-bond acceptors (Lipinski definition) is 3. The van der Waals surface area contributed by atoms with Crippen LogP contribution in [0.3, 0.4) is 0 Å². The number of amides is 1. The molecule has 0 aromatic heterocycles. The molecule has 2 aromatic rings. The minimum absolute atomic E-state index is 0.0188. The first-order chi connectivity index (χ1) is 11.8. The lowest BCUT2D eigenvalue weighted by atomic mass is 10.3. The van der Waals surface area contributed by atoms with Crippen molar-refractivity contribution in [2.24, 2.45) is 0 Å². The highest BCUT2D eigenvalue weighted by atomic mass is 35.5. The highest BCUT2D eigenvalue weighted by Crippen LogP contribution is 2.28. The molecule has 4 nitrogen and oxygen atoms in total. The van der Waals surface area contributed by atoms with Crippen molar-refractivity contribution in [3.63, 3.8) is 0 Å². The molecule has 0 bridgehead atoms. The van der Waals surface area contributed by atoms with Crippen LogP contribution in [0, 0.1) is 5.82 Å². The molecule has 2 rings (SSSR count). The number of rotatable bonds is 4. The minimum Gasteiger partial charge on any atom is -0.479 e. The van der Waals surface area contributed by atoms with Crippen LogP contribution < -0.4 is 15.4 Å². The zero-order valence-corrected chi connectivity index (χ0v) is 15.9. The van der Waals surface area contributed by atoms with Crippen molar-refractivity contribution in [3.05, 3.63) is 57.3 Å². The van der Waals surface area contributed by atoms with E-state index in [9.17, 15) is 9.18 Å². The van der Waals surface area contributed by atoms with E-state index in [0.717, 1.165) is 0 Å². The van der Waals surface area contributed by atoms with Crippen molar-refractivity contribution in [3.8, 4) is 5.75 Å². The smallest absolute Gasteiger partial charge is 0.266 e. The van der Waals surface area contributed by atoms with E-state index in [4.69, 9.17) is 51.8 Å². The van der Waals surface area contributed by atoms with Crippen molar-refractivity contribution in [2.75, 3.05) is 5.32 Å². The van der Waals surface area contributed by atoms with Gasteiger partial charge in [0.25, 0.3) is 5.91 Å². The first kappa shape index (κ1) is 19.7. The van der Waals surface area contributed by atoms with Gasteiger partial charge in [-0.1, -0.05) is 34.8 Å². The van der Waals surface area contributed by atoms with Gasteiger partial charge in [0.2, 0.25) is 0 Å². The lowest BCUT2D eigenvalue weighted by molar-refractivity contribution is -0.125. The number of halogens is 4. The van der Waals surface area contributed by atoms with Crippen LogP contribution in [0.25, 0.3) is 0 Å². The molecule has 1 unspecified atom stereocenters. The Morgan fingerprint density at radius 2 is 1.88 bits per heavy atom. The van der Waals surface area contributed by atoms with Crippen LogP contribution >= 0.6 is 47.0 Å². The van der Waals surface area contributed by atoms with E-state index in [1.54, 1.807) is 12.1 Å². The molecule has 25 heavy (non-hydrogen) atoms. The summed E-state index contributed by atoms with van der Waals surface area (Å²) < 4.78 is 18.6. The molecule has 0 aliphatic rings. The van der Waals surface area contributed by atoms with Crippen LogP contribution in [0.5, 0.6) is 5.75 Å². The van der Waals surface area contributed by atoms with E-state index in [0.29, 0.717) is 16.5 Å². The van der Waals surface area contributed by atoms with E-state index < -0.39 is 17.8 Å². The fourth-order valence-electron chi connectivity index (χ4n) is 1.76. The summed E-state index contributed by atoms with van der Waals surface area (Å²) in [4.78, 5) is 12.1. The normalized spacial score (nSPS) is 11.6. The standard InChI is InChI=1S/C16H12Cl3FN2O2S/c1-8(24-14-5-2-9(17)6-12(14)19)15(23)22-16(25)21-10-3-4-13(20)11(18)7-10/h2-8H,1H3,(H2,21,22,23,25). The topological polar surface area (TPSA) is 50.4 Å². The second-order valence-corrected chi connectivity index (χ2v) is 6.57. The van der Waals surface area contributed by atoms with E-state index >= 15 is 0 Å². The summed E-state index contributed by atoms with van der Waals surface area (Å²) in [6.07, 6.45) is -0.866. The Morgan fingerprint density at radius 3 is 2.52 bits per heavy atom. The average Bonchev–Trinajstić information content (AvgIpc) is 2.53. The molecule has 0 heterocycles. The fraction of sp³-hybridized carbons (Fsp3) is 0.125. The molecule has 0 spiro atoms. The number of carbonyl (C=O) groups excluding carboxylic acids is 1. The molecule has 0 saturated heterocycles. The molecule has 0 fully saturated rings. The van der Waals surface area contributed by atoms with Gasteiger partial charge in [0.1, 0.15) is 11.6 Å². The van der Waals surface area contributed by atoms with Crippen molar-refractivity contribution < 1.29 is 13.9 Å². The third-order valence-corrected chi connectivity index (χ3v) is 4.01. The largest absolute Gasteiger partial charge is 0.479 e. The predicted octanol–water partition coefficient (Wildman–Crippen LogP) is 5.07. The van der Waals surface area contributed by atoms with Crippen molar-refractivity contribution in [1.82, 2.24) is 5.32 Å². The summed E-state index contributed by atoms with van der Waals surface area (Å²) in [6.45, 7) is 1.54. The Bertz CT molecular complexity index is 820. The molecule has 0 aliphatic carbocycles. The monoisotopic (exact) mass is 420 g/mol. The van der Waals surface area contributed by atoms with Crippen molar-refractivity contribution >= 4 is 63.7 Å². The third-order valence-electron chi connectivity index (χ3n) is 2.98. The Balaban J connectivity index is 1.93. The van der Waals surface area contributed by atoms with Gasteiger partial charge in [-0.2, -0.15) is 0 Å². The number of nitrogens with one attached hydrogen (secondary N) is 2. The summed E-state index contributed by atoms with van der Waals surface area (Å²) in [5.74, 6) is -0.723. The van der Waals surface area contributed by atoms with Gasteiger partial charge < -0.3 is 10.1 Å². The van der Waals surface area contributed by atoms with Crippen LogP contribution in [0.15, 0.2) is 36.4 Å². The lowest BCUT2D eigenvalue weighted by Gasteiger charge is -2.16. The minimum atomic E-state index is -0.866. The molecule has 132 valence electrons. The van der Waals surface area contributed by atoms with Crippen LogP contribution in [0.4, 0.5) is 10.1 Å². The van der Waals surface area contributed by atoms with Crippen LogP contribution in [-0.2, 0) is 4.79 Å². The molecule has 2 aromatic carbocycles. The van der Waals surface area contributed by atoms with E-state index in [2.05, 4.69) is 10.6 Å². The summed E-state index contributed by atoms with van der Waals surface area (Å²) in [5.41, 5.74) is 0.436. The van der Waals surface area contributed by atoms with E-state index in [1.165, 1.54) is 31.2 Å². The number of hydrogen-bond donors (Lipinski definition) is 2. The van der Waals surface area contributed by atoms with Crippen LogP contribution in [0.1, 0.15) is 6.92 Å². The van der Waals surface area contributed by atoms with Gasteiger partial charge in [0, 0.05) is 10.7 Å². The van der Waals surface area contributed by atoms with Crippen LogP contribution in [0.2, 0.25) is 15.1 Å². The maximum atomic E-state index is 13.1. The molecule has 2 N–H and O–H groups in total. The summed E-state index contributed by atoms with van der Waals surface area (Å²) in [5, 5.41) is 5.89. The van der Waals surface area contributed by atoms with Crippen molar-refractivity contribution in [1.29, 1.82) is 0 Å². The second-order valence-electron chi connectivity index (χ2n) is 4.91. The molecular weight excluding hydrogens is 410 g/mol. The quantitative estimate of drug-likeness (QED) is 0.677. The zero-order valence-electron chi connectivity index (χ0n) is 12.8. The molecule has 9 heteroatoms. The lowest BCUT2D eigenvalue weighted by Crippen LogP contribution is -2.42. The molecule has 1 amide bonds. The average molecular weight is 422 g/mol. The van der Waals surface area contributed by atoms with Crippen molar-refractivity contribution in [2.45, 2.75) is 13.0 Å². The van der Waals surface area contributed by atoms with Gasteiger partial charge in [-0.3, -0.25) is 10.1 Å². The Labute approximate surface area is 164 Å². The first-order valence-electron chi connectivity index (χ1n) is 6.95. The Kier molecular flexibility index (Phi) is 6.84. The molecule has 0 radical (unpaired) electrons. The second kappa shape index (κ2) is 8.67. The Morgan fingerprint density at radius 1 is 1.16 bits per heavy atom. The van der Waals surface area contributed by atoms with Gasteiger partial charge in [-0.05, 0) is 55.5 Å². The SMILES string of the molecule is CC(Oc1ccc(Cl)cc1Cl)C(=O)NC(=S)Nc1ccc(F)c(Cl)c1. The number of ether oxygens (including phenoxy) is 1. The van der Waals surface area contributed by atoms with Gasteiger partial charge in [0.05, 0.1) is 10.0 Å². The number of thiocarbonyl (C=S) groups is 1. The number of anilines is 1. The maximum absolute atomic E-state index is 13.1. The summed E-state index contributed by atoms with van der Waals surface area (Å²) in [6, 6.07) is 8.64. The van der Waals surface area contributed by atoms with Gasteiger partial charge in [-0.25, -0.2) is 4.39 Å². The van der Waals surface area contributed by atoms with Gasteiger partial charge in [-0.15, -0.1) is 0 Å². The third kappa shape index (κ3) is 5.71. The Hall–Kier alpha value is -1.60. The van der Waals surface area contributed by atoms with Crippen LogP contribution in [-0.4, -0.2) is 17.1 Å². The predicted molar refractivity (Wildman–Crippen MR) is 102 cm³/mol.